The van der Waals surface area contributed by atoms with E-state index >= 15 is 0 Å². The summed E-state index contributed by atoms with van der Waals surface area (Å²) in [6, 6.07) is 5.66. The Hall–Kier alpha value is -1.75. The third kappa shape index (κ3) is 5.09. The van der Waals surface area contributed by atoms with Crippen molar-refractivity contribution in [3.63, 3.8) is 0 Å². The lowest BCUT2D eigenvalue weighted by Gasteiger charge is -2.16. The van der Waals surface area contributed by atoms with Gasteiger partial charge < -0.3 is 20.5 Å². The summed E-state index contributed by atoms with van der Waals surface area (Å²) in [6.45, 7) is 7.61. The van der Waals surface area contributed by atoms with Gasteiger partial charge in [0.1, 0.15) is 0 Å². The topological polar surface area (TPSA) is 73.6 Å². The van der Waals surface area contributed by atoms with Gasteiger partial charge in [-0.25, -0.2) is 0 Å². The molecular formula is C15H24N2O3. The number of methoxy groups -OCH3 is 1. The second-order valence-corrected chi connectivity index (χ2v) is 5.17. The minimum atomic E-state index is -0.692. The average Bonchev–Trinajstić information content (AvgIpc) is 2.38. The molecule has 1 unspecified atom stereocenters. The van der Waals surface area contributed by atoms with Gasteiger partial charge in [-0.05, 0) is 37.1 Å². The molecule has 3 N–H and O–H groups in total. The van der Waals surface area contributed by atoms with Gasteiger partial charge in [-0.15, -0.1) is 0 Å². The number of carbonyl (C=O) groups excluding carboxylic acids is 1. The highest BCUT2D eigenvalue weighted by molar-refractivity contribution is 5.78. The lowest BCUT2D eigenvalue weighted by atomic mass is 10.1. The van der Waals surface area contributed by atoms with Gasteiger partial charge in [0.25, 0.3) is 5.91 Å². The molecule has 0 aliphatic heterocycles. The van der Waals surface area contributed by atoms with Crippen LogP contribution in [0, 0.1) is 5.92 Å². The van der Waals surface area contributed by atoms with Crippen molar-refractivity contribution in [3.8, 4) is 11.5 Å². The summed E-state index contributed by atoms with van der Waals surface area (Å²) in [4.78, 5) is 11.1. The van der Waals surface area contributed by atoms with E-state index in [9.17, 15) is 4.79 Å². The number of benzene rings is 1. The van der Waals surface area contributed by atoms with Gasteiger partial charge in [0.05, 0.1) is 7.11 Å². The molecular weight excluding hydrogens is 256 g/mol. The van der Waals surface area contributed by atoms with Crippen molar-refractivity contribution in [2.24, 2.45) is 11.7 Å². The summed E-state index contributed by atoms with van der Waals surface area (Å²) in [5.74, 6) is 1.21. The third-order valence-electron chi connectivity index (χ3n) is 2.81. The number of amides is 1. The number of hydrogen-bond donors (Lipinski definition) is 2. The maximum Gasteiger partial charge on any atom is 0.258 e. The van der Waals surface area contributed by atoms with Gasteiger partial charge in [0, 0.05) is 6.54 Å². The highest BCUT2D eigenvalue weighted by Crippen LogP contribution is 2.29. The van der Waals surface area contributed by atoms with E-state index in [0.717, 1.165) is 18.7 Å². The second-order valence-electron chi connectivity index (χ2n) is 5.17. The van der Waals surface area contributed by atoms with Gasteiger partial charge in [0.2, 0.25) is 0 Å². The second kappa shape index (κ2) is 7.75. The van der Waals surface area contributed by atoms with Gasteiger partial charge in [0.15, 0.2) is 17.6 Å². The molecule has 5 nitrogen and oxygen atoms in total. The Morgan fingerprint density at radius 2 is 2.00 bits per heavy atom. The maximum absolute atomic E-state index is 11.1. The number of ether oxygens (including phenoxy) is 2. The summed E-state index contributed by atoms with van der Waals surface area (Å²) in [5.41, 5.74) is 6.28. The Morgan fingerprint density at radius 3 is 2.55 bits per heavy atom. The zero-order chi connectivity index (χ0) is 15.1. The standard InChI is InChI=1S/C15H24N2O3/c1-10(2)8-17-9-12-5-6-13(19-4)14(7-12)20-11(3)15(16)18/h5-7,10-11,17H,8-9H2,1-4H3,(H2,16,18). The Balaban J connectivity index is 2.77. The summed E-state index contributed by atoms with van der Waals surface area (Å²) in [5, 5.41) is 3.35. The van der Waals surface area contributed by atoms with Crippen molar-refractivity contribution < 1.29 is 14.3 Å². The monoisotopic (exact) mass is 280 g/mol. The number of nitrogens with two attached hydrogens (primary N) is 1. The van der Waals surface area contributed by atoms with E-state index in [1.54, 1.807) is 14.0 Å². The van der Waals surface area contributed by atoms with Crippen molar-refractivity contribution in [3.05, 3.63) is 23.8 Å². The van der Waals surface area contributed by atoms with Crippen LogP contribution in [0.2, 0.25) is 0 Å². The van der Waals surface area contributed by atoms with Crippen molar-refractivity contribution >= 4 is 5.91 Å². The molecule has 0 aliphatic rings. The van der Waals surface area contributed by atoms with Crippen LogP contribution in [0.3, 0.4) is 0 Å². The zero-order valence-corrected chi connectivity index (χ0v) is 12.6. The molecule has 0 bridgehead atoms. The Bertz CT molecular complexity index is 447. The lowest BCUT2D eigenvalue weighted by molar-refractivity contribution is -0.124. The highest BCUT2D eigenvalue weighted by Gasteiger charge is 2.14. The molecule has 112 valence electrons. The predicted octanol–water partition coefficient (Wildman–Crippen LogP) is 1.69. The molecule has 0 saturated heterocycles. The van der Waals surface area contributed by atoms with Crippen LogP contribution in [0.4, 0.5) is 0 Å². The van der Waals surface area contributed by atoms with Crippen molar-refractivity contribution in [1.82, 2.24) is 5.32 Å². The van der Waals surface area contributed by atoms with Crippen LogP contribution in [0.1, 0.15) is 26.3 Å². The van der Waals surface area contributed by atoms with Crippen LogP contribution < -0.4 is 20.5 Å². The predicted molar refractivity (Wildman–Crippen MR) is 78.8 cm³/mol. The molecule has 20 heavy (non-hydrogen) atoms. The summed E-state index contributed by atoms with van der Waals surface area (Å²) >= 11 is 0. The van der Waals surface area contributed by atoms with Crippen LogP contribution in [0.15, 0.2) is 18.2 Å². The molecule has 1 amide bonds. The Labute approximate surface area is 120 Å². The van der Waals surface area contributed by atoms with E-state index in [-0.39, 0.29) is 0 Å². The van der Waals surface area contributed by atoms with E-state index in [2.05, 4.69) is 19.2 Å². The van der Waals surface area contributed by atoms with E-state index < -0.39 is 12.0 Å². The number of nitrogens with one attached hydrogen (secondary N) is 1. The fourth-order valence-corrected chi connectivity index (χ4v) is 1.68. The van der Waals surface area contributed by atoms with Crippen molar-refractivity contribution in [2.75, 3.05) is 13.7 Å². The SMILES string of the molecule is COc1ccc(CNCC(C)C)cc1OC(C)C(N)=O. The molecule has 0 heterocycles. The minimum absolute atomic E-state index is 0.504. The molecule has 0 saturated carbocycles. The lowest BCUT2D eigenvalue weighted by Crippen LogP contribution is -2.30. The van der Waals surface area contributed by atoms with E-state index in [1.807, 2.05) is 18.2 Å². The molecule has 1 rings (SSSR count). The van der Waals surface area contributed by atoms with Gasteiger partial charge in [-0.2, -0.15) is 0 Å². The molecule has 0 radical (unpaired) electrons. The van der Waals surface area contributed by atoms with Gasteiger partial charge in [-0.1, -0.05) is 19.9 Å². The molecule has 1 atom stereocenters. The third-order valence-corrected chi connectivity index (χ3v) is 2.81. The Kier molecular flexibility index (Phi) is 6.31. The maximum atomic E-state index is 11.1. The molecule has 5 heteroatoms. The van der Waals surface area contributed by atoms with Gasteiger partial charge in [-0.3, -0.25) is 4.79 Å². The molecule has 0 aliphatic carbocycles. The first-order valence-electron chi connectivity index (χ1n) is 6.77. The van der Waals surface area contributed by atoms with Crippen molar-refractivity contribution in [2.45, 2.75) is 33.4 Å². The molecule has 0 aromatic heterocycles. The molecule has 0 fully saturated rings. The molecule has 0 spiro atoms. The largest absolute Gasteiger partial charge is 0.493 e. The van der Waals surface area contributed by atoms with Crippen LogP contribution in [0.5, 0.6) is 11.5 Å². The summed E-state index contributed by atoms with van der Waals surface area (Å²) < 4.78 is 10.8. The molecule has 1 aromatic carbocycles. The van der Waals surface area contributed by atoms with E-state index in [4.69, 9.17) is 15.2 Å². The number of hydrogen-bond acceptors (Lipinski definition) is 4. The quantitative estimate of drug-likeness (QED) is 0.760. The minimum Gasteiger partial charge on any atom is -0.493 e. The Morgan fingerprint density at radius 1 is 1.30 bits per heavy atom. The molecule has 1 aromatic rings. The zero-order valence-electron chi connectivity index (χ0n) is 12.6. The van der Waals surface area contributed by atoms with Crippen LogP contribution in [0.25, 0.3) is 0 Å². The van der Waals surface area contributed by atoms with Crippen LogP contribution >= 0.6 is 0 Å². The van der Waals surface area contributed by atoms with Crippen LogP contribution in [-0.4, -0.2) is 25.7 Å². The fourth-order valence-electron chi connectivity index (χ4n) is 1.68. The van der Waals surface area contributed by atoms with E-state index in [0.29, 0.717) is 17.4 Å². The highest BCUT2D eigenvalue weighted by atomic mass is 16.5. The first-order chi connectivity index (χ1) is 9.43. The number of carbonyl (C=O) groups is 1. The normalized spacial score (nSPS) is 12.2. The smallest absolute Gasteiger partial charge is 0.258 e. The number of rotatable bonds is 8. The average molecular weight is 280 g/mol. The summed E-state index contributed by atoms with van der Waals surface area (Å²) in [6.07, 6.45) is -0.692. The first kappa shape index (κ1) is 16.3. The van der Waals surface area contributed by atoms with Gasteiger partial charge >= 0.3 is 0 Å². The first-order valence-corrected chi connectivity index (χ1v) is 6.77. The van der Waals surface area contributed by atoms with Crippen LogP contribution in [-0.2, 0) is 11.3 Å². The number of primary amides is 1. The fraction of sp³-hybridized carbons (Fsp3) is 0.533. The summed E-state index contributed by atoms with van der Waals surface area (Å²) in [7, 11) is 1.56. The van der Waals surface area contributed by atoms with Crippen molar-refractivity contribution in [1.29, 1.82) is 0 Å². The van der Waals surface area contributed by atoms with E-state index in [1.165, 1.54) is 0 Å².